The topological polar surface area (TPSA) is 84.9 Å². The van der Waals surface area contributed by atoms with Crippen LogP contribution in [0.25, 0.3) is 0 Å². The minimum atomic E-state index is -3.95. The maximum Gasteiger partial charge on any atom is 0.264 e. The molecule has 1 aliphatic heterocycles. The van der Waals surface area contributed by atoms with E-state index >= 15 is 0 Å². The molecule has 8 heteroatoms. The van der Waals surface area contributed by atoms with Crippen molar-refractivity contribution in [2.75, 3.05) is 18.0 Å². The van der Waals surface area contributed by atoms with E-state index in [1.54, 1.807) is 24.3 Å². The van der Waals surface area contributed by atoms with Gasteiger partial charge in [0.15, 0.2) is 6.10 Å². The highest BCUT2D eigenvalue weighted by molar-refractivity contribution is 7.92. The van der Waals surface area contributed by atoms with E-state index in [0.29, 0.717) is 23.6 Å². The molecular weight excluding hydrogens is 464 g/mol. The Morgan fingerprint density at radius 1 is 1.09 bits per heavy atom. The number of carbonyl (C=O) groups is 1. The van der Waals surface area contributed by atoms with Crippen LogP contribution in [0.3, 0.4) is 0 Å². The molecule has 0 spiro atoms. The van der Waals surface area contributed by atoms with Gasteiger partial charge in [0.1, 0.15) is 11.5 Å². The summed E-state index contributed by atoms with van der Waals surface area (Å²) in [5.74, 6) is 0.544. The second kappa shape index (κ2) is 9.62. The van der Waals surface area contributed by atoms with Gasteiger partial charge in [-0.05, 0) is 74.7 Å². The van der Waals surface area contributed by atoms with E-state index in [2.05, 4.69) is 5.32 Å². The van der Waals surface area contributed by atoms with Gasteiger partial charge in [0.05, 0.1) is 24.2 Å². The predicted molar refractivity (Wildman–Crippen MR) is 135 cm³/mol. The van der Waals surface area contributed by atoms with E-state index in [4.69, 9.17) is 9.47 Å². The van der Waals surface area contributed by atoms with Crippen LogP contribution < -0.4 is 19.1 Å². The van der Waals surface area contributed by atoms with Gasteiger partial charge in [-0.1, -0.05) is 36.4 Å². The molecule has 1 N–H and O–H groups in total. The lowest BCUT2D eigenvalue weighted by Gasteiger charge is -2.36. The number of amides is 1. The van der Waals surface area contributed by atoms with Crippen LogP contribution in [0.4, 0.5) is 5.69 Å². The van der Waals surface area contributed by atoms with Crippen LogP contribution in [0.15, 0.2) is 77.7 Å². The summed E-state index contributed by atoms with van der Waals surface area (Å²) in [6.45, 7) is 5.62. The number of nitrogens with one attached hydrogen (secondary N) is 1. The van der Waals surface area contributed by atoms with Crippen LogP contribution in [-0.4, -0.2) is 39.6 Å². The average molecular weight is 495 g/mol. The summed E-state index contributed by atoms with van der Waals surface area (Å²) in [5.41, 5.74) is 1.83. The maximum atomic E-state index is 13.6. The monoisotopic (exact) mass is 494 g/mol. The first-order valence-corrected chi connectivity index (χ1v) is 12.8. The van der Waals surface area contributed by atoms with Crippen molar-refractivity contribution in [3.63, 3.8) is 0 Å². The minimum absolute atomic E-state index is 0.107. The molecule has 0 aromatic heterocycles. The van der Waals surface area contributed by atoms with Gasteiger partial charge in [-0.2, -0.15) is 0 Å². The highest BCUT2D eigenvalue weighted by atomic mass is 32.2. The molecule has 4 rings (SSSR count). The number of sulfonamides is 1. The largest absolute Gasteiger partial charge is 0.497 e. The Bertz CT molecular complexity index is 1310. The third-order valence-corrected chi connectivity index (χ3v) is 7.67. The fourth-order valence-corrected chi connectivity index (χ4v) is 5.64. The molecule has 1 aliphatic rings. The molecular formula is C27H30N2O5S. The SMILES string of the molecule is COc1ccc(S(=O)(=O)N2CC(C(=O)NC(C)(C)Cc3ccccc3)Oc3cc(C)ccc32)cc1. The first kappa shape index (κ1) is 24.6. The molecule has 0 saturated carbocycles. The molecule has 0 saturated heterocycles. The molecule has 1 amide bonds. The van der Waals surface area contributed by atoms with Crippen molar-refractivity contribution in [1.29, 1.82) is 0 Å². The lowest BCUT2D eigenvalue weighted by molar-refractivity contribution is -0.129. The van der Waals surface area contributed by atoms with Crippen molar-refractivity contribution in [3.8, 4) is 11.5 Å². The Morgan fingerprint density at radius 2 is 1.77 bits per heavy atom. The molecule has 0 radical (unpaired) electrons. The lowest BCUT2D eigenvalue weighted by atomic mass is 9.94. The van der Waals surface area contributed by atoms with Gasteiger partial charge < -0.3 is 14.8 Å². The zero-order valence-corrected chi connectivity index (χ0v) is 21.1. The number of nitrogens with zero attached hydrogens (tertiary/aromatic N) is 1. The quantitative estimate of drug-likeness (QED) is 0.535. The summed E-state index contributed by atoms with van der Waals surface area (Å²) in [5, 5.41) is 3.04. The van der Waals surface area contributed by atoms with Crippen molar-refractivity contribution >= 4 is 21.6 Å². The summed E-state index contributed by atoms with van der Waals surface area (Å²) in [6, 6.07) is 21.3. The van der Waals surface area contributed by atoms with Gasteiger partial charge in [0.2, 0.25) is 0 Å². The standard InChI is InChI=1S/C27H30N2O5S/c1-19-10-15-23-24(16-19)34-25(26(30)28-27(2,3)17-20-8-6-5-7-9-20)18-29(23)35(31,32)22-13-11-21(33-4)12-14-22/h5-16,25H,17-18H2,1-4H3,(H,28,30). The average Bonchev–Trinajstić information content (AvgIpc) is 2.83. The Hall–Kier alpha value is -3.52. The van der Waals surface area contributed by atoms with Crippen LogP contribution in [-0.2, 0) is 21.2 Å². The molecule has 1 heterocycles. The molecule has 1 unspecified atom stereocenters. The van der Waals surface area contributed by atoms with Crippen LogP contribution in [0.2, 0.25) is 0 Å². The van der Waals surface area contributed by atoms with E-state index in [1.165, 1.54) is 23.5 Å². The Labute approximate surface area is 206 Å². The van der Waals surface area contributed by atoms with Gasteiger partial charge in [-0.15, -0.1) is 0 Å². The predicted octanol–water partition coefficient (Wildman–Crippen LogP) is 4.10. The second-order valence-corrected chi connectivity index (χ2v) is 11.2. The summed E-state index contributed by atoms with van der Waals surface area (Å²) < 4.78 is 39.7. The summed E-state index contributed by atoms with van der Waals surface area (Å²) >= 11 is 0. The highest BCUT2D eigenvalue weighted by Gasteiger charge is 2.39. The smallest absolute Gasteiger partial charge is 0.264 e. The highest BCUT2D eigenvalue weighted by Crippen LogP contribution is 2.38. The van der Waals surface area contributed by atoms with Crippen molar-refractivity contribution in [2.45, 2.75) is 43.7 Å². The van der Waals surface area contributed by atoms with Gasteiger partial charge >= 0.3 is 0 Å². The van der Waals surface area contributed by atoms with Gasteiger partial charge in [-0.3, -0.25) is 9.10 Å². The first-order valence-electron chi connectivity index (χ1n) is 11.4. The fraction of sp³-hybridized carbons (Fsp3) is 0.296. The number of hydrogen-bond acceptors (Lipinski definition) is 5. The van der Waals surface area contributed by atoms with Crippen molar-refractivity contribution in [1.82, 2.24) is 5.32 Å². The summed E-state index contributed by atoms with van der Waals surface area (Å²) in [6.07, 6.45) is -0.386. The third kappa shape index (κ3) is 5.43. The lowest BCUT2D eigenvalue weighted by Crippen LogP contribution is -2.55. The van der Waals surface area contributed by atoms with Crippen LogP contribution in [0.1, 0.15) is 25.0 Å². The molecule has 7 nitrogen and oxygen atoms in total. The van der Waals surface area contributed by atoms with Crippen LogP contribution in [0, 0.1) is 6.92 Å². The van der Waals surface area contributed by atoms with Gasteiger partial charge in [0.25, 0.3) is 15.9 Å². The Balaban J connectivity index is 1.62. The number of benzene rings is 3. The van der Waals surface area contributed by atoms with Crippen LogP contribution >= 0.6 is 0 Å². The molecule has 35 heavy (non-hydrogen) atoms. The molecule has 0 aliphatic carbocycles. The van der Waals surface area contributed by atoms with Gasteiger partial charge in [0, 0.05) is 5.54 Å². The number of rotatable bonds is 7. The van der Waals surface area contributed by atoms with E-state index in [-0.39, 0.29) is 17.3 Å². The first-order chi connectivity index (χ1) is 16.6. The number of fused-ring (bicyclic) bond motifs is 1. The molecule has 3 aromatic rings. The van der Waals surface area contributed by atoms with E-state index in [0.717, 1.165) is 11.1 Å². The normalized spacial score (nSPS) is 15.7. The number of anilines is 1. The molecule has 0 fully saturated rings. The zero-order valence-electron chi connectivity index (χ0n) is 20.3. The molecule has 3 aromatic carbocycles. The number of aryl methyl sites for hydroxylation is 1. The number of methoxy groups -OCH3 is 1. The van der Waals surface area contributed by atoms with Gasteiger partial charge in [-0.25, -0.2) is 8.42 Å². The molecule has 0 bridgehead atoms. The van der Waals surface area contributed by atoms with E-state index < -0.39 is 21.7 Å². The summed E-state index contributed by atoms with van der Waals surface area (Å²) in [7, 11) is -2.43. The number of carbonyl (C=O) groups excluding carboxylic acids is 1. The Kier molecular flexibility index (Phi) is 6.76. The number of hydrogen-bond donors (Lipinski definition) is 1. The van der Waals surface area contributed by atoms with Crippen LogP contribution in [0.5, 0.6) is 11.5 Å². The Morgan fingerprint density at radius 3 is 2.43 bits per heavy atom. The third-order valence-electron chi connectivity index (χ3n) is 5.88. The van der Waals surface area contributed by atoms with Crippen molar-refractivity contribution in [3.05, 3.63) is 83.9 Å². The minimum Gasteiger partial charge on any atom is -0.497 e. The van der Waals surface area contributed by atoms with Crippen molar-refractivity contribution in [2.24, 2.45) is 0 Å². The van der Waals surface area contributed by atoms with E-state index in [9.17, 15) is 13.2 Å². The molecule has 1 atom stereocenters. The second-order valence-electron chi connectivity index (χ2n) is 9.32. The number of ether oxygens (including phenoxy) is 2. The van der Waals surface area contributed by atoms with Crippen molar-refractivity contribution < 1.29 is 22.7 Å². The van der Waals surface area contributed by atoms with E-state index in [1.807, 2.05) is 57.2 Å². The zero-order chi connectivity index (χ0) is 25.2. The maximum absolute atomic E-state index is 13.6. The molecule has 184 valence electrons. The summed E-state index contributed by atoms with van der Waals surface area (Å²) in [4.78, 5) is 13.4. The fourth-order valence-electron chi connectivity index (χ4n) is 4.16.